The minimum atomic E-state index is -0.0543. The van der Waals surface area contributed by atoms with Crippen LogP contribution in [0.2, 0.25) is 0 Å². The molecule has 5 heterocycles. The van der Waals surface area contributed by atoms with Gasteiger partial charge in [0.25, 0.3) is 0 Å². The Labute approximate surface area is 203 Å². The second-order valence-corrected chi connectivity index (χ2v) is 11.8. The maximum atomic E-state index is 13.4. The van der Waals surface area contributed by atoms with Crippen LogP contribution in [0.15, 0.2) is 29.3 Å². The van der Waals surface area contributed by atoms with Gasteiger partial charge < -0.3 is 15.2 Å². The molecule has 0 spiro atoms. The quantitative estimate of drug-likeness (QED) is 0.456. The number of hydrogen-bond donors (Lipinski definition) is 2. The first kappa shape index (κ1) is 20.5. The number of piperazine rings is 1. The minimum Gasteiger partial charge on any atom is -0.340 e. The van der Waals surface area contributed by atoms with Gasteiger partial charge >= 0.3 is 4.87 Å². The topological polar surface area (TPSA) is 94.2 Å². The molecule has 10 heteroatoms. The smallest absolute Gasteiger partial charge is 0.305 e. The fraction of sp³-hybridized carbons (Fsp3) is 0.417. The summed E-state index contributed by atoms with van der Waals surface area (Å²) in [6, 6.07) is 6.77. The van der Waals surface area contributed by atoms with Crippen molar-refractivity contribution in [3.63, 3.8) is 0 Å². The van der Waals surface area contributed by atoms with Crippen molar-refractivity contribution in [2.75, 3.05) is 25.5 Å². The molecule has 1 aliphatic carbocycles. The van der Waals surface area contributed by atoms with Crippen LogP contribution in [0.1, 0.15) is 23.3 Å². The molecule has 2 unspecified atom stereocenters. The average Bonchev–Trinajstić information content (AvgIpc) is 3.58. The third-order valence-electron chi connectivity index (χ3n) is 7.68. The molecule has 34 heavy (non-hydrogen) atoms. The zero-order valence-electron chi connectivity index (χ0n) is 18.7. The number of H-pyrrole nitrogens is 1. The lowest BCUT2D eigenvalue weighted by Gasteiger charge is -2.35. The number of rotatable bonds is 3. The summed E-state index contributed by atoms with van der Waals surface area (Å²) in [7, 11) is 2.17. The maximum absolute atomic E-state index is 13.4. The van der Waals surface area contributed by atoms with E-state index in [0.717, 1.165) is 70.7 Å². The first-order valence-corrected chi connectivity index (χ1v) is 13.3. The molecule has 174 valence electrons. The molecule has 3 aromatic heterocycles. The van der Waals surface area contributed by atoms with E-state index in [1.807, 2.05) is 18.2 Å². The summed E-state index contributed by atoms with van der Waals surface area (Å²) in [5.74, 6) is 1.19. The SMILES string of the molecule is CN1CC2CC1CN2C(=O)[C@@H]1CCc2c(sc3ncnc(Nc4ccc5[nH]c(=O)sc5c4)c23)C1. The van der Waals surface area contributed by atoms with Crippen LogP contribution in [-0.4, -0.2) is 62.9 Å². The van der Waals surface area contributed by atoms with Crippen LogP contribution in [0.5, 0.6) is 0 Å². The molecule has 2 saturated heterocycles. The lowest BCUT2D eigenvalue weighted by atomic mass is 9.86. The van der Waals surface area contributed by atoms with Gasteiger partial charge in [-0.2, -0.15) is 0 Å². The molecule has 2 N–H and O–H groups in total. The van der Waals surface area contributed by atoms with Crippen molar-refractivity contribution in [1.29, 1.82) is 0 Å². The Balaban J connectivity index is 1.17. The highest BCUT2D eigenvalue weighted by molar-refractivity contribution is 7.19. The second-order valence-electron chi connectivity index (χ2n) is 9.67. The van der Waals surface area contributed by atoms with Gasteiger partial charge in [0.15, 0.2) is 0 Å². The molecule has 3 aliphatic rings. The molecule has 4 aromatic rings. The fourth-order valence-electron chi connectivity index (χ4n) is 5.95. The molecular weight excluding hydrogens is 468 g/mol. The van der Waals surface area contributed by atoms with Crippen LogP contribution in [0.4, 0.5) is 11.5 Å². The zero-order chi connectivity index (χ0) is 23.0. The Hall–Kier alpha value is -2.82. The number of likely N-dealkylation sites (N-methyl/N-ethyl adjacent to an activating group) is 1. The summed E-state index contributed by atoms with van der Waals surface area (Å²) in [6.45, 7) is 1.89. The van der Waals surface area contributed by atoms with Crippen molar-refractivity contribution in [2.24, 2.45) is 5.92 Å². The normalized spacial score (nSPS) is 24.3. The van der Waals surface area contributed by atoms with E-state index in [9.17, 15) is 9.59 Å². The molecule has 0 saturated carbocycles. The highest BCUT2D eigenvalue weighted by Gasteiger charge is 2.45. The molecule has 7 rings (SSSR count). The van der Waals surface area contributed by atoms with Gasteiger partial charge in [-0.15, -0.1) is 11.3 Å². The average molecular weight is 493 g/mol. The van der Waals surface area contributed by atoms with Crippen molar-refractivity contribution in [1.82, 2.24) is 24.8 Å². The second kappa shape index (κ2) is 7.59. The standard InChI is InChI=1S/C24H24N6O2S2/c1-29-9-15-8-14(29)10-30(15)23(31)12-2-4-16-18(6-12)33-22-20(16)21(25-11-26-22)27-13-3-5-17-19(7-13)34-24(32)28-17/h3,5,7,11-12,14-15H,2,4,6,8-10H2,1H3,(H,28,32)(H,25,26,27)/t12-,14?,15?/m1/s1. The predicted octanol–water partition coefficient (Wildman–Crippen LogP) is 3.36. The van der Waals surface area contributed by atoms with Crippen molar-refractivity contribution >= 4 is 60.5 Å². The number of aromatic amines is 1. The highest BCUT2D eigenvalue weighted by atomic mass is 32.1. The van der Waals surface area contributed by atoms with Crippen LogP contribution in [-0.2, 0) is 17.6 Å². The molecule has 8 nitrogen and oxygen atoms in total. The number of hydrogen-bond acceptors (Lipinski definition) is 8. The van der Waals surface area contributed by atoms with E-state index < -0.39 is 0 Å². The number of aryl methyl sites for hydroxylation is 1. The molecule has 3 atom stereocenters. The summed E-state index contributed by atoms with van der Waals surface area (Å²) in [4.78, 5) is 43.7. The van der Waals surface area contributed by atoms with Crippen LogP contribution >= 0.6 is 22.7 Å². The first-order chi connectivity index (χ1) is 16.5. The van der Waals surface area contributed by atoms with Crippen LogP contribution in [0.25, 0.3) is 20.4 Å². The van der Waals surface area contributed by atoms with Gasteiger partial charge in [-0.25, -0.2) is 9.97 Å². The third kappa shape index (κ3) is 3.19. The van der Waals surface area contributed by atoms with Crippen molar-refractivity contribution in [3.8, 4) is 0 Å². The fourth-order valence-corrected chi connectivity index (χ4v) is 7.99. The lowest BCUT2D eigenvalue weighted by Crippen LogP contribution is -2.49. The minimum absolute atomic E-state index is 0.0543. The predicted molar refractivity (Wildman–Crippen MR) is 135 cm³/mol. The Bertz CT molecular complexity index is 1500. The highest BCUT2D eigenvalue weighted by Crippen LogP contribution is 2.42. The van der Waals surface area contributed by atoms with Crippen molar-refractivity contribution < 1.29 is 4.79 Å². The Kier molecular flexibility index (Phi) is 4.59. The number of thiophene rings is 1. The largest absolute Gasteiger partial charge is 0.340 e. The Morgan fingerprint density at radius 2 is 2.12 bits per heavy atom. The summed E-state index contributed by atoms with van der Waals surface area (Å²) in [6.07, 6.45) is 5.26. The number of nitrogens with zero attached hydrogens (tertiary/aromatic N) is 4. The van der Waals surface area contributed by atoms with Crippen molar-refractivity contribution in [2.45, 2.75) is 37.8 Å². The number of carbonyl (C=O) groups is 1. The number of likely N-dealkylation sites (tertiary alicyclic amines) is 2. The van der Waals surface area contributed by atoms with Gasteiger partial charge in [0.2, 0.25) is 5.91 Å². The van der Waals surface area contributed by atoms with Gasteiger partial charge in [-0.1, -0.05) is 11.3 Å². The van der Waals surface area contributed by atoms with E-state index in [1.54, 1.807) is 17.7 Å². The number of thiazole rings is 1. The molecule has 0 radical (unpaired) electrons. The van der Waals surface area contributed by atoms with E-state index in [4.69, 9.17) is 0 Å². The number of aromatic nitrogens is 3. The van der Waals surface area contributed by atoms with E-state index in [-0.39, 0.29) is 10.8 Å². The molecule has 2 bridgehead atoms. The number of nitrogens with one attached hydrogen (secondary N) is 2. The van der Waals surface area contributed by atoms with Crippen LogP contribution < -0.4 is 10.2 Å². The Morgan fingerprint density at radius 3 is 2.94 bits per heavy atom. The summed E-state index contributed by atoms with van der Waals surface area (Å²) in [5, 5.41) is 4.52. The van der Waals surface area contributed by atoms with E-state index >= 15 is 0 Å². The third-order valence-corrected chi connectivity index (χ3v) is 9.68. The van der Waals surface area contributed by atoms with Crippen LogP contribution in [0, 0.1) is 5.92 Å². The molecule has 1 aromatic carbocycles. The number of benzene rings is 1. The van der Waals surface area contributed by atoms with Gasteiger partial charge in [0, 0.05) is 41.7 Å². The van der Waals surface area contributed by atoms with Crippen LogP contribution in [0.3, 0.4) is 0 Å². The molecule has 1 amide bonds. The Morgan fingerprint density at radius 1 is 1.21 bits per heavy atom. The van der Waals surface area contributed by atoms with Crippen molar-refractivity contribution in [3.05, 3.63) is 44.6 Å². The number of fused-ring (bicyclic) bond motifs is 6. The first-order valence-electron chi connectivity index (χ1n) is 11.7. The summed E-state index contributed by atoms with van der Waals surface area (Å²) >= 11 is 2.90. The van der Waals surface area contributed by atoms with E-state index in [1.165, 1.54) is 21.8 Å². The number of anilines is 2. The zero-order valence-corrected chi connectivity index (χ0v) is 20.3. The maximum Gasteiger partial charge on any atom is 0.305 e. The summed E-state index contributed by atoms with van der Waals surface area (Å²) < 4.78 is 0.913. The molecular formula is C24H24N6O2S2. The van der Waals surface area contributed by atoms with Gasteiger partial charge in [-0.3, -0.25) is 14.5 Å². The monoisotopic (exact) mass is 492 g/mol. The number of carbonyl (C=O) groups excluding carboxylic acids is 1. The van der Waals surface area contributed by atoms with Gasteiger partial charge in [0.1, 0.15) is 17.0 Å². The molecule has 2 aliphatic heterocycles. The van der Waals surface area contributed by atoms with E-state index in [0.29, 0.717) is 18.0 Å². The lowest BCUT2D eigenvalue weighted by molar-refractivity contribution is -0.138. The summed E-state index contributed by atoms with van der Waals surface area (Å²) in [5.41, 5.74) is 3.01. The van der Waals surface area contributed by atoms with E-state index in [2.05, 4.69) is 37.1 Å². The van der Waals surface area contributed by atoms with Gasteiger partial charge in [0.05, 0.1) is 15.6 Å². The number of amides is 1. The molecule has 2 fully saturated rings. The van der Waals surface area contributed by atoms with Gasteiger partial charge in [-0.05, 0) is 56.5 Å².